The van der Waals surface area contributed by atoms with Crippen molar-refractivity contribution in [1.29, 1.82) is 0 Å². The second-order valence-electron chi connectivity index (χ2n) is 4.68. The summed E-state index contributed by atoms with van der Waals surface area (Å²) in [7, 11) is 0. The van der Waals surface area contributed by atoms with E-state index in [0.717, 1.165) is 28.7 Å². The Bertz CT molecular complexity index is 596. The number of rotatable bonds is 6. The Kier molecular flexibility index (Phi) is 4.93. The van der Waals surface area contributed by atoms with Gasteiger partial charge in [-0.25, -0.2) is 4.98 Å². The SMILES string of the molecule is CCOC(=O)CCCNc1nc2ccccc2cc1C. The zero-order valence-corrected chi connectivity index (χ0v) is 12.0. The van der Waals surface area contributed by atoms with Crippen molar-refractivity contribution in [2.45, 2.75) is 26.7 Å². The van der Waals surface area contributed by atoms with Gasteiger partial charge in [-0.3, -0.25) is 4.79 Å². The minimum Gasteiger partial charge on any atom is -0.466 e. The second kappa shape index (κ2) is 6.89. The summed E-state index contributed by atoms with van der Waals surface area (Å²) < 4.78 is 4.89. The number of esters is 1. The average Bonchev–Trinajstić information content (AvgIpc) is 2.44. The lowest BCUT2D eigenvalue weighted by Gasteiger charge is -2.10. The molecule has 0 atom stereocenters. The van der Waals surface area contributed by atoms with Crippen LogP contribution >= 0.6 is 0 Å². The van der Waals surface area contributed by atoms with Crippen molar-refractivity contribution in [2.75, 3.05) is 18.5 Å². The quantitative estimate of drug-likeness (QED) is 0.647. The zero-order chi connectivity index (χ0) is 14.4. The molecule has 2 aromatic rings. The first-order chi connectivity index (χ1) is 9.70. The molecule has 0 aliphatic carbocycles. The van der Waals surface area contributed by atoms with Crippen LogP contribution in [0.2, 0.25) is 0 Å². The Morgan fingerprint density at radius 2 is 2.15 bits per heavy atom. The molecule has 0 unspecified atom stereocenters. The van der Waals surface area contributed by atoms with Gasteiger partial charge in [0.2, 0.25) is 0 Å². The molecule has 20 heavy (non-hydrogen) atoms. The number of para-hydroxylation sites is 1. The third kappa shape index (κ3) is 3.70. The maximum atomic E-state index is 11.2. The number of nitrogens with one attached hydrogen (secondary N) is 1. The molecule has 0 spiro atoms. The van der Waals surface area contributed by atoms with Crippen LogP contribution in [0.5, 0.6) is 0 Å². The second-order valence-corrected chi connectivity index (χ2v) is 4.68. The molecule has 0 saturated heterocycles. The van der Waals surface area contributed by atoms with Crippen LogP contribution in [0.15, 0.2) is 30.3 Å². The summed E-state index contributed by atoms with van der Waals surface area (Å²) >= 11 is 0. The fourth-order valence-corrected chi connectivity index (χ4v) is 2.07. The first-order valence-electron chi connectivity index (χ1n) is 6.96. The van der Waals surface area contributed by atoms with Crippen molar-refractivity contribution < 1.29 is 9.53 Å². The topological polar surface area (TPSA) is 51.2 Å². The van der Waals surface area contributed by atoms with Crippen LogP contribution in [0.3, 0.4) is 0 Å². The molecule has 0 saturated carbocycles. The molecule has 106 valence electrons. The molecule has 0 aliphatic rings. The Balaban J connectivity index is 1.93. The molecule has 2 rings (SSSR count). The minimum atomic E-state index is -0.141. The van der Waals surface area contributed by atoms with Gasteiger partial charge in [0.05, 0.1) is 12.1 Å². The van der Waals surface area contributed by atoms with Crippen LogP contribution in [0.25, 0.3) is 10.9 Å². The molecule has 1 aromatic heterocycles. The van der Waals surface area contributed by atoms with Gasteiger partial charge in [-0.15, -0.1) is 0 Å². The molecule has 0 aliphatic heterocycles. The van der Waals surface area contributed by atoms with E-state index in [1.807, 2.05) is 32.0 Å². The highest BCUT2D eigenvalue weighted by molar-refractivity contribution is 5.81. The largest absolute Gasteiger partial charge is 0.466 e. The molecule has 0 amide bonds. The molecular weight excluding hydrogens is 252 g/mol. The number of carbonyl (C=O) groups is 1. The van der Waals surface area contributed by atoms with E-state index in [1.54, 1.807) is 0 Å². The summed E-state index contributed by atoms with van der Waals surface area (Å²) in [6, 6.07) is 10.2. The molecule has 4 nitrogen and oxygen atoms in total. The highest BCUT2D eigenvalue weighted by Gasteiger charge is 2.04. The molecule has 4 heteroatoms. The standard InChI is InChI=1S/C16H20N2O2/c1-3-20-15(19)9-6-10-17-16-12(2)11-13-7-4-5-8-14(13)18-16/h4-5,7-8,11H,3,6,9-10H2,1-2H3,(H,17,18). The van der Waals surface area contributed by atoms with Crippen LogP contribution in [0, 0.1) is 6.92 Å². The number of hydrogen-bond acceptors (Lipinski definition) is 4. The lowest BCUT2D eigenvalue weighted by Crippen LogP contribution is -2.09. The van der Waals surface area contributed by atoms with Crippen LogP contribution in [0.4, 0.5) is 5.82 Å². The monoisotopic (exact) mass is 272 g/mol. The van der Waals surface area contributed by atoms with E-state index in [1.165, 1.54) is 0 Å². The molecule has 1 N–H and O–H groups in total. The third-order valence-electron chi connectivity index (χ3n) is 3.07. The summed E-state index contributed by atoms with van der Waals surface area (Å²) in [4.78, 5) is 15.8. The van der Waals surface area contributed by atoms with Gasteiger partial charge >= 0.3 is 5.97 Å². The maximum Gasteiger partial charge on any atom is 0.305 e. The predicted octanol–water partition coefficient (Wildman–Crippen LogP) is 3.30. The number of ether oxygens (including phenoxy) is 1. The van der Waals surface area contributed by atoms with Gasteiger partial charge in [-0.2, -0.15) is 0 Å². The van der Waals surface area contributed by atoms with Crippen molar-refractivity contribution in [2.24, 2.45) is 0 Å². The van der Waals surface area contributed by atoms with Gasteiger partial charge in [0.1, 0.15) is 5.82 Å². The number of fused-ring (bicyclic) bond motifs is 1. The summed E-state index contributed by atoms with van der Waals surface area (Å²) in [5, 5.41) is 4.42. The lowest BCUT2D eigenvalue weighted by atomic mass is 10.1. The summed E-state index contributed by atoms with van der Waals surface area (Å²) in [5.74, 6) is 0.741. The normalized spacial score (nSPS) is 10.5. The first kappa shape index (κ1) is 14.3. The van der Waals surface area contributed by atoms with Gasteiger partial charge < -0.3 is 10.1 Å². The smallest absolute Gasteiger partial charge is 0.305 e. The number of hydrogen-bond donors (Lipinski definition) is 1. The first-order valence-corrected chi connectivity index (χ1v) is 6.96. The number of carbonyl (C=O) groups excluding carboxylic acids is 1. The van der Waals surface area contributed by atoms with Gasteiger partial charge in [-0.05, 0) is 38.0 Å². The molecule has 0 bridgehead atoms. The number of pyridine rings is 1. The Morgan fingerprint density at radius 1 is 1.35 bits per heavy atom. The number of aryl methyl sites for hydroxylation is 1. The van der Waals surface area contributed by atoms with Crippen LogP contribution in [-0.2, 0) is 9.53 Å². The number of aromatic nitrogens is 1. The molecule has 0 radical (unpaired) electrons. The van der Waals surface area contributed by atoms with Gasteiger partial charge in [-0.1, -0.05) is 18.2 Å². The fourth-order valence-electron chi connectivity index (χ4n) is 2.07. The van der Waals surface area contributed by atoms with E-state index in [2.05, 4.69) is 22.4 Å². The fraction of sp³-hybridized carbons (Fsp3) is 0.375. The average molecular weight is 272 g/mol. The summed E-state index contributed by atoms with van der Waals surface area (Å²) in [5.41, 5.74) is 2.09. The molecule has 1 heterocycles. The van der Waals surface area contributed by atoms with E-state index in [0.29, 0.717) is 19.6 Å². The van der Waals surface area contributed by atoms with E-state index >= 15 is 0 Å². The number of nitrogens with zero attached hydrogens (tertiary/aromatic N) is 1. The van der Waals surface area contributed by atoms with Crippen molar-refractivity contribution in [3.05, 3.63) is 35.9 Å². The van der Waals surface area contributed by atoms with Crippen LogP contribution in [-0.4, -0.2) is 24.1 Å². The Labute approximate surface area is 119 Å². The highest BCUT2D eigenvalue weighted by Crippen LogP contribution is 2.19. The Hall–Kier alpha value is -2.10. The Morgan fingerprint density at radius 3 is 2.95 bits per heavy atom. The van der Waals surface area contributed by atoms with Crippen molar-refractivity contribution >= 4 is 22.7 Å². The maximum absolute atomic E-state index is 11.2. The van der Waals surface area contributed by atoms with Crippen molar-refractivity contribution in [3.8, 4) is 0 Å². The zero-order valence-electron chi connectivity index (χ0n) is 12.0. The van der Waals surface area contributed by atoms with E-state index in [-0.39, 0.29) is 5.97 Å². The molecule has 0 fully saturated rings. The van der Waals surface area contributed by atoms with Crippen molar-refractivity contribution in [1.82, 2.24) is 4.98 Å². The van der Waals surface area contributed by atoms with E-state index in [4.69, 9.17) is 4.74 Å². The van der Waals surface area contributed by atoms with Crippen LogP contribution in [0.1, 0.15) is 25.3 Å². The minimum absolute atomic E-state index is 0.141. The predicted molar refractivity (Wildman–Crippen MR) is 80.8 cm³/mol. The highest BCUT2D eigenvalue weighted by atomic mass is 16.5. The number of anilines is 1. The molecular formula is C16H20N2O2. The summed E-state index contributed by atoms with van der Waals surface area (Å²) in [6.07, 6.45) is 1.18. The lowest BCUT2D eigenvalue weighted by molar-refractivity contribution is -0.143. The van der Waals surface area contributed by atoms with E-state index in [9.17, 15) is 4.79 Å². The van der Waals surface area contributed by atoms with Gasteiger partial charge in [0.15, 0.2) is 0 Å². The van der Waals surface area contributed by atoms with Gasteiger partial charge in [0, 0.05) is 18.4 Å². The summed E-state index contributed by atoms with van der Waals surface area (Å²) in [6.45, 7) is 5.01. The third-order valence-corrected chi connectivity index (χ3v) is 3.07. The van der Waals surface area contributed by atoms with Gasteiger partial charge in [0.25, 0.3) is 0 Å². The van der Waals surface area contributed by atoms with Crippen molar-refractivity contribution in [3.63, 3.8) is 0 Å². The van der Waals surface area contributed by atoms with E-state index < -0.39 is 0 Å². The molecule has 1 aromatic carbocycles. The number of benzene rings is 1. The van der Waals surface area contributed by atoms with Crippen LogP contribution < -0.4 is 5.32 Å².